The van der Waals surface area contributed by atoms with Crippen LogP contribution in [0.3, 0.4) is 0 Å². The summed E-state index contributed by atoms with van der Waals surface area (Å²) >= 11 is 0. The summed E-state index contributed by atoms with van der Waals surface area (Å²) in [5.74, 6) is -0.135. The molecule has 0 atom stereocenters. The van der Waals surface area contributed by atoms with E-state index in [0.717, 1.165) is 15.8 Å². The number of tetrazole rings is 1. The first-order chi connectivity index (χ1) is 11.0. The molecule has 0 spiro atoms. The monoisotopic (exact) mass is 322 g/mol. The van der Waals surface area contributed by atoms with Gasteiger partial charge in [-0.1, -0.05) is 13.3 Å². The first-order valence-corrected chi connectivity index (χ1v) is 7.66. The van der Waals surface area contributed by atoms with Gasteiger partial charge in [-0.2, -0.15) is 9.36 Å². The molecule has 0 bridgehead atoms. The molecule has 1 aromatic carbocycles. The standard InChI is InChI=1S/C15H19FN4O3/c1-3-4-9-5-13(20-15(22)19(2)17-18-20)14(8-12(9)16)23-11-6-10(21)7-11/h5,8,10-11,21H,3-4,6-7H2,1-2H3. The van der Waals surface area contributed by atoms with E-state index < -0.39 is 5.69 Å². The second-order valence-corrected chi connectivity index (χ2v) is 5.82. The molecule has 23 heavy (non-hydrogen) atoms. The second-order valence-electron chi connectivity index (χ2n) is 5.82. The van der Waals surface area contributed by atoms with Gasteiger partial charge in [0.15, 0.2) is 0 Å². The third-order valence-corrected chi connectivity index (χ3v) is 3.96. The fraction of sp³-hybridized carbons (Fsp3) is 0.533. The first kappa shape index (κ1) is 15.7. The first-order valence-electron chi connectivity index (χ1n) is 7.66. The highest BCUT2D eigenvalue weighted by molar-refractivity contribution is 5.49. The summed E-state index contributed by atoms with van der Waals surface area (Å²) < 4.78 is 22.2. The van der Waals surface area contributed by atoms with Crippen molar-refractivity contribution in [1.82, 2.24) is 19.8 Å². The molecule has 1 aliphatic carbocycles. The van der Waals surface area contributed by atoms with Gasteiger partial charge in [-0.15, -0.1) is 0 Å². The number of aliphatic hydroxyl groups is 1. The molecule has 124 valence electrons. The predicted octanol–water partition coefficient (Wildman–Crippen LogP) is 0.960. The van der Waals surface area contributed by atoms with Crippen molar-refractivity contribution in [2.75, 3.05) is 0 Å². The zero-order valence-electron chi connectivity index (χ0n) is 13.1. The number of benzene rings is 1. The lowest BCUT2D eigenvalue weighted by atomic mass is 9.92. The van der Waals surface area contributed by atoms with E-state index in [1.165, 1.54) is 13.1 Å². The van der Waals surface area contributed by atoms with Gasteiger partial charge >= 0.3 is 5.69 Å². The van der Waals surface area contributed by atoms with Crippen LogP contribution in [0.15, 0.2) is 16.9 Å². The molecule has 2 aromatic rings. The Morgan fingerprint density at radius 2 is 2.13 bits per heavy atom. The number of halogens is 1. The van der Waals surface area contributed by atoms with Crippen LogP contribution in [0.2, 0.25) is 0 Å². The molecule has 1 saturated carbocycles. The maximum atomic E-state index is 14.2. The van der Waals surface area contributed by atoms with Gasteiger partial charge in [-0.3, -0.25) is 0 Å². The molecule has 0 radical (unpaired) electrons. The SMILES string of the molecule is CCCc1cc(-n2nnn(C)c2=O)c(OC2CC(O)C2)cc1F. The lowest BCUT2D eigenvalue weighted by molar-refractivity contribution is -0.0109. The van der Waals surface area contributed by atoms with Crippen LogP contribution in [0.1, 0.15) is 31.7 Å². The van der Waals surface area contributed by atoms with Crippen molar-refractivity contribution >= 4 is 0 Å². The van der Waals surface area contributed by atoms with Gasteiger partial charge in [0.1, 0.15) is 23.4 Å². The summed E-state index contributed by atoms with van der Waals surface area (Å²) in [5.41, 5.74) is 0.438. The van der Waals surface area contributed by atoms with Crippen LogP contribution in [0.4, 0.5) is 4.39 Å². The number of hydrogen-bond acceptors (Lipinski definition) is 5. The lowest BCUT2D eigenvalue weighted by Crippen LogP contribution is -2.37. The van der Waals surface area contributed by atoms with Crippen LogP contribution in [0.5, 0.6) is 5.75 Å². The molecule has 0 amide bonds. The Labute approximate surface area is 132 Å². The Kier molecular flexibility index (Phi) is 4.16. The van der Waals surface area contributed by atoms with E-state index in [2.05, 4.69) is 10.4 Å². The van der Waals surface area contributed by atoms with Gasteiger partial charge in [0.05, 0.1) is 6.10 Å². The number of hydrogen-bond donors (Lipinski definition) is 1. The highest BCUT2D eigenvalue weighted by Gasteiger charge is 2.30. The molecule has 7 nitrogen and oxygen atoms in total. The average Bonchev–Trinajstić information content (AvgIpc) is 2.80. The molecular formula is C15H19FN4O3. The smallest absolute Gasteiger partial charge is 0.368 e. The van der Waals surface area contributed by atoms with Gasteiger partial charge in [0, 0.05) is 26.0 Å². The second kappa shape index (κ2) is 6.11. The predicted molar refractivity (Wildman–Crippen MR) is 80.2 cm³/mol. The van der Waals surface area contributed by atoms with Crippen LogP contribution in [-0.4, -0.2) is 37.1 Å². The van der Waals surface area contributed by atoms with Crippen molar-refractivity contribution in [3.8, 4) is 11.4 Å². The third kappa shape index (κ3) is 2.98. The summed E-state index contributed by atoms with van der Waals surface area (Å²) in [5, 5.41) is 16.9. The van der Waals surface area contributed by atoms with Gasteiger partial charge in [0.2, 0.25) is 0 Å². The number of aryl methyl sites for hydroxylation is 2. The number of aliphatic hydroxyl groups excluding tert-OH is 1. The molecule has 0 unspecified atom stereocenters. The van der Waals surface area contributed by atoms with E-state index in [-0.39, 0.29) is 23.8 Å². The van der Waals surface area contributed by atoms with E-state index in [0.29, 0.717) is 30.5 Å². The Hall–Kier alpha value is -2.22. The molecule has 1 fully saturated rings. The normalized spacial score (nSPS) is 20.3. The van der Waals surface area contributed by atoms with Crippen LogP contribution in [-0.2, 0) is 13.5 Å². The number of rotatable bonds is 5. The average molecular weight is 322 g/mol. The van der Waals surface area contributed by atoms with Crippen LogP contribution in [0.25, 0.3) is 5.69 Å². The van der Waals surface area contributed by atoms with Crippen molar-refractivity contribution < 1.29 is 14.2 Å². The fourth-order valence-corrected chi connectivity index (χ4v) is 2.59. The molecule has 1 aromatic heterocycles. The zero-order chi connectivity index (χ0) is 16.6. The molecular weight excluding hydrogens is 303 g/mol. The highest BCUT2D eigenvalue weighted by atomic mass is 19.1. The number of aromatic nitrogens is 4. The minimum absolute atomic E-state index is 0.187. The van der Waals surface area contributed by atoms with Gasteiger partial charge in [-0.25, -0.2) is 9.18 Å². The Balaban J connectivity index is 2.04. The van der Waals surface area contributed by atoms with Crippen LogP contribution >= 0.6 is 0 Å². The highest BCUT2D eigenvalue weighted by Crippen LogP contribution is 2.31. The van der Waals surface area contributed by atoms with E-state index in [9.17, 15) is 14.3 Å². The molecule has 1 aliphatic rings. The molecule has 0 saturated heterocycles. The van der Waals surface area contributed by atoms with Crippen molar-refractivity contribution in [3.63, 3.8) is 0 Å². The van der Waals surface area contributed by atoms with E-state index in [1.807, 2.05) is 6.92 Å². The maximum absolute atomic E-state index is 14.2. The fourth-order valence-electron chi connectivity index (χ4n) is 2.59. The lowest BCUT2D eigenvalue weighted by Gasteiger charge is -2.32. The molecule has 1 N–H and O–H groups in total. The number of ether oxygens (including phenoxy) is 1. The summed E-state index contributed by atoms with van der Waals surface area (Å²) in [7, 11) is 1.49. The van der Waals surface area contributed by atoms with Crippen molar-refractivity contribution in [3.05, 3.63) is 34.0 Å². The molecule has 3 rings (SSSR count). The zero-order valence-corrected chi connectivity index (χ0v) is 13.1. The van der Waals surface area contributed by atoms with E-state index >= 15 is 0 Å². The van der Waals surface area contributed by atoms with E-state index in [4.69, 9.17) is 4.74 Å². The van der Waals surface area contributed by atoms with Gasteiger partial charge in [0.25, 0.3) is 0 Å². The van der Waals surface area contributed by atoms with Crippen LogP contribution < -0.4 is 10.4 Å². The minimum atomic E-state index is -0.433. The third-order valence-electron chi connectivity index (χ3n) is 3.96. The van der Waals surface area contributed by atoms with Crippen molar-refractivity contribution in [1.29, 1.82) is 0 Å². The van der Waals surface area contributed by atoms with Crippen LogP contribution in [0, 0.1) is 5.82 Å². The topological polar surface area (TPSA) is 82.2 Å². The largest absolute Gasteiger partial charge is 0.488 e. The van der Waals surface area contributed by atoms with E-state index in [1.54, 1.807) is 6.07 Å². The molecule has 1 heterocycles. The molecule has 0 aliphatic heterocycles. The minimum Gasteiger partial charge on any atom is -0.488 e. The Bertz CT molecular complexity index is 765. The maximum Gasteiger partial charge on any atom is 0.368 e. The van der Waals surface area contributed by atoms with Crippen molar-refractivity contribution in [2.45, 2.75) is 44.8 Å². The molecule has 8 heteroatoms. The summed E-state index contributed by atoms with van der Waals surface area (Å²) in [6.07, 6.45) is 1.75. The summed E-state index contributed by atoms with van der Waals surface area (Å²) in [6, 6.07) is 2.87. The Morgan fingerprint density at radius 3 is 2.70 bits per heavy atom. The van der Waals surface area contributed by atoms with Crippen molar-refractivity contribution in [2.24, 2.45) is 7.05 Å². The quantitative estimate of drug-likeness (QED) is 0.886. The number of nitrogens with zero attached hydrogens (tertiary/aromatic N) is 4. The summed E-state index contributed by atoms with van der Waals surface area (Å²) in [4.78, 5) is 12.1. The summed E-state index contributed by atoms with van der Waals surface area (Å²) in [6.45, 7) is 1.95. The van der Waals surface area contributed by atoms with Gasteiger partial charge in [-0.05, 0) is 28.5 Å². The van der Waals surface area contributed by atoms with Gasteiger partial charge < -0.3 is 9.84 Å². The Morgan fingerprint density at radius 1 is 1.39 bits per heavy atom.